The molecule has 0 aromatic carbocycles. The summed E-state index contributed by atoms with van der Waals surface area (Å²) in [6.07, 6.45) is 4.39. The second kappa shape index (κ2) is 5.04. The molecule has 5 heteroatoms. The minimum atomic E-state index is -1.01. The molecule has 2 rings (SSSR count). The van der Waals surface area contributed by atoms with Crippen LogP contribution in [0.5, 0.6) is 0 Å². The van der Waals surface area contributed by atoms with Crippen molar-refractivity contribution in [2.75, 3.05) is 6.54 Å². The molecule has 1 heterocycles. The van der Waals surface area contributed by atoms with Gasteiger partial charge in [0.1, 0.15) is 6.04 Å². The van der Waals surface area contributed by atoms with Crippen LogP contribution in [0.1, 0.15) is 38.5 Å². The molecule has 0 bridgehead atoms. The van der Waals surface area contributed by atoms with Gasteiger partial charge in [-0.1, -0.05) is 12.8 Å². The fraction of sp³-hybridized carbons (Fsp3) is 0.833. The van der Waals surface area contributed by atoms with E-state index in [-0.39, 0.29) is 18.9 Å². The van der Waals surface area contributed by atoms with Crippen LogP contribution in [0.3, 0.4) is 0 Å². The van der Waals surface area contributed by atoms with Crippen molar-refractivity contribution >= 4 is 11.9 Å². The minimum absolute atomic E-state index is 0.110. The molecule has 2 aliphatic rings. The summed E-state index contributed by atoms with van der Waals surface area (Å²) >= 11 is 0. The van der Waals surface area contributed by atoms with Gasteiger partial charge in [0.05, 0.1) is 6.10 Å². The maximum atomic E-state index is 12.0. The Morgan fingerprint density at radius 2 is 1.88 bits per heavy atom. The molecule has 1 amide bonds. The molecule has 5 nitrogen and oxygen atoms in total. The number of carboxylic acids is 1. The third-order valence-corrected chi connectivity index (χ3v) is 3.82. The maximum Gasteiger partial charge on any atom is 0.326 e. The van der Waals surface area contributed by atoms with Gasteiger partial charge in [-0.2, -0.15) is 0 Å². The Morgan fingerprint density at radius 1 is 1.24 bits per heavy atom. The van der Waals surface area contributed by atoms with E-state index < -0.39 is 18.1 Å². The zero-order chi connectivity index (χ0) is 12.4. The van der Waals surface area contributed by atoms with Crippen LogP contribution in [-0.4, -0.2) is 45.7 Å². The molecule has 96 valence electrons. The Bertz CT molecular complexity index is 312. The quantitative estimate of drug-likeness (QED) is 0.759. The first-order chi connectivity index (χ1) is 8.08. The van der Waals surface area contributed by atoms with Crippen LogP contribution >= 0.6 is 0 Å². The summed E-state index contributed by atoms with van der Waals surface area (Å²) in [5.74, 6) is -0.711. The molecule has 2 N–H and O–H groups in total. The van der Waals surface area contributed by atoms with Crippen molar-refractivity contribution in [3.63, 3.8) is 0 Å². The maximum absolute atomic E-state index is 12.0. The first-order valence-corrected chi connectivity index (χ1v) is 6.28. The summed E-state index contributed by atoms with van der Waals surface area (Å²) < 4.78 is 0. The predicted octanol–water partition coefficient (Wildman–Crippen LogP) is 0.613. The van der Waals surface area contributed by atoms with Crippen LogP contribution in [0.4, 0.5) is 0 Å². The van der Waals surface area contributed by atoms with Gasteiger partial charge in [-0.25, -0.2) is 4.79 Å². The van der Waals surface area contributed by atoms with E-state index in [1.54, 1.807) is 0 Å². The number of hydrogen-bond acceptors (Lipinski definition) is 3. The second-order valence-corrected chi connectivity index (χ2v) is 5.14. The van der Waals surface area contributed by atoms with Crippen molar-refractivity contribution in [3.05, 3.63) is 0 Å². The molecule has 0 unspecified atom stereocenters. The highest BCUT2D eigenvalue weighted by Crippen LogP contribution is 2.29. The Labute approximate surface area is 100 Å². The first kappa shape index (κ1) is 12.4. The number of carboxylic acid groups (broad SMARTS) is 1. The molecular formula is C12H19NO4. The first-order valence-electron chi connectivity index (χ1n) is 6.28. The van der Waals surface area contributed by atoms with E-state index in [1.165, 1.54) is 17.7 Å². The molecule has 0 aromatic rings. The number of hydrogen-bond donors (Lipinski definition) is 2. The van der Waals surface area contributed by atoms with Crippen LogP contribution in [-0.2, 0) is 9.59 Å². The Kier molecular flexibility index (Phi) is 3.66. The third kappa shape index (κ3) is 2.77. The Hall–Kier alpha value is -1.10. The predicted molar refractivity (Wildman–Crippen MR) is 60.3 cm³/mol. The van der Waals surface area contributed by atoms with Crippen molar-refractivity contribution in [3.8, 4) is 0 Å². The summed E-state index contributed by atoms with van der Waals surface area (Å²) in [5.41, 5.74) is 0. The fourth-order valence-corrected chi connectivity index (χ4v) is 2.90. The highest BCUT2D eigenvalue weighted by Gasteiger charge is 2.39. The fourth-order valence-electron chi connectivity index (χ4n) is 2.90. The van der Waals surface area contributed by atoms with Crippen LogP contribution in [0.15, 0.2) is 0 Å². The third-order valence-electron chi connectivity index (χ3n) is 3.82. The minimum Gasteiger partial charge on any atom is -0.480 e. The van der Waals surface area contributed by atoms with E-state index in [1.807, 2.05) is 0 Å². The average molecular weight is 241 g/mol. The van der Waals surface area contributed by atoms with E-state index in [0.29, 0.717) is 12.3 Å². The molecule has 0 aromatic heterocycles. The molecule has 1 saturated heterocycles. The molecular weight excluding hydrogens is 222 g/mol. The number of likely N-dealkylation sites (tertiary alicyclic amines) is 1. The van der Waals surface area contributed by atoms with E-state index in [9.17, 15) is 14.7 Å². The van der Waals surface area contributed by atoms with Gasteiger partial charge in [-0.15, -0.1) is 0 Å². The number of β-amino-alcohol motifs (C(OH)–C–C–N with tert-alkyl or cyclic N) is 1. The van der Waals surface area contributed by atoms with Crippen LogP contribution < -0.4 is 0 Å². The van der Waals surface area contributed by atoms with Gasteiger partial charge in [0.25, 0.3) is 0 Å². The second-order valence-electron chi connectivity index (χ2n) is 5.14. The molecule has 2 fully saturated rings. The number of amides is 1. The molecule has 1 aliphatic heterocycles. The van der Waals surface area contributed by atoms with Gasteiger partial charge >= 0.3 is 5.97 Å². The molecule has 1 saturated carbocycles. The summed E-state index contributed by atoms with van der Waals surface area (Å²) in [6, 6.07) is -0.834. The van der Waals surface area contributed by atoms with Gasteiger partial charge in [0.15, 0.2) is 0 Å². The van der Waals surface area contributed by atoms with Gasteiger partial charge in [0.2, 0.25) is 5.91 Å². The van der Waals surface area contributed by atoms with Crippen LogP contribution in [0, 0.1) is 5.92 Å². The zero-order valence-electron chi connectivity index (χ0n) is 9.84. The van der Waals surface area contributed by atoms with Crippen LogP contribution in [0.25, 0.3) is 0 Å². The molecule has 1 aliphatic carbocycles. The zero-order valence-corrected chi connectivity index (χ0v) is 9.84. The largest absolute Gasteiger partial charge is 0.480 e. The lowest BCUT2D eigenvalue weighted by atomic mass is 10.0. The summed E-state index contributed by atoms with van der Waals surface area (Å²) in [5, 5.41) is 18.5. The van der Waals surface area contributed by atoms with Gasteiger partial charge in [0, 0.05) is 19.4 Å². The topological polar surface area (TPSA) is 77.8 Å². The van der Waals surface area contributed by atoms with E-state index >= 15 is 0 Å². The lowest BCUT2D eigenvalue weighted by Gasteiger charge is -2.22. The number of nitrogens with zero attached hydrogens (tertiary/aromatic N) is 1. The Morgan fingerprint density at radius 3 is 2.47 bits per heavy atom. The standard InChI is InChI=1S/C12H19NO4/c14-9-6-10(12(16)17)13(7-9)11(15)5-8-3-1-2-4-8/h8-10,14H,1-7H2,(H,16,17)/t9-,10-/m0/s1. The van der Waals surface area contributed by atoms with E-state index in [4.69, 9.17) is 5.11 Å². The van der Waals surface area contributed by atoms with E-state index in [2.05, 4.69) is 0 Å². The lowest BCUT2D eigenvalue weighted by Crippen LogP contribution is -2.41. The Balaban J connectivity index is 1.94. The molecule has 2 atom stereocenters. The number of carbonyl (C=O) groups excluding carboxylic acids is 1. The highest BCUT2D eigenvalue weighted by molar-refractivity contribution is 5.84. The monoisotopic (exact) mass is 241 g/mol. The number of carbonyl (C=O) groups is 2. The summed E-state index contributed by atoms with van der Waals surface area (Å²) in [7, 11) is 0. The normalized spacial score (nSPS) is 29.8. The molecule has 17 heavy (non-hydrogen) atoms. The number of aliphatic hydroxyl groups excluding tert-OH is 1. The SMILES string of the molecule is O=C(O)[C@@H]1C[C@H](O)CN1C(=O)CC1CCCC1. The highest BCUT2D eigenvalue weighted by atomic mass is 16.4. The lowest BCUT2D eigenvalue weighted by molar-refractivity contribution is -0.148. The van der Waals surface area contributed by atoms with Crippen molar-refractivity contribution in [2.45, 2.75) is 50.7 Å². The van der Waals surface area contributed by atoms with Crippen molar-refractivity contribution in [1.29, 1.82) is 0 Å². The van der Waals surface area contributed by atoms with E-state index in [0.717, 1.165) is 12.8 Å². The van der Waals surface area contributed by atoms with Crippen molar-refractivity contribution < 1.29 is 19.8 Å². The number of aliphatic hydroxyl groups is 1. The summed E-state index contributed by atoms with van der Waals surface area (Å²) in [6.45, 7) is 0.169. The molecule has 0 spiro atoms. The van der Waals surface area contributed by atoms with Gasteiger partial charge in [-0.3, -0.25) is 4.79 Å². The smallest absolute Gasteiger partial charge is 0.326 e. The summed E-state index contributed by atoms with van der Waals surface area (Å²) in [4.78, 5) is 24.3. The van der Waals surface area contributed by atoms with Crippen molar-refractivity contribution in [1.82, 2.24) is 4.90 Å². The number of aliphatic carboxylic acids is 1. The molecule has 0 radical (unpaired) electrons. The van der Waals surface area contributed by atoms with Gasteiger partial charge in [-0.05, 0) is 18.8 Å². The van der Waals surface area contributed by atoms with Crippen molar-refractivity contribution in [2.24, 2.45) is 5.92 Å². The van der Waals surface area contributed by atoms with Crippen LogP contribution in [0.2, 0.25) is 0 Å². The number of rotatable bonds is 3. The van der Waals surface area contributed by atoms with Gasteiger partial charge < -0.3 is 15.1 Å². The average Bonchev–Trinajstić information content (AvgIpc) is 2.86.